The second kappa shape index (κ2) is 5.25. The number of carbonyl (C=O) groups is 1. The van der Waals surface area contributed by atoms with E-state index in [1.54, 1.807) is 0 Å². The molecule has 1 aliphatic heterocycles. The molecule has 1 heterocycles. The van der Waals surface area contributed by atoms with Gasteiger partial charge in [0.2, 0.25) is 5.79 Å². The van der Waals surface area contributed by atoms with E-state index < -0.39 is 36.1 Å². The van der Waals surface area contributed by atoms with Crippen molar-refractivity contribution < 1.29 is 35.1 Å². The van der Waals surface area contributed by atoms with Gasteiger partial charge in [-0.3, -0.25) is 10.1 Å². The Balaban J connectivity index is 2.59. The maximum absolute atomic E-state index is 10.5. The summed E-state index contributed by atoms with van der Waals surface area (Å²) in [6.45, 7) is 0.620. The number of aliphatic carboxylic acids is 1. The number of hydrogen-bond donors (Lipinski definition) is 6. The van der Waals surface area contributed by atoms with Crippen LogP contribution in [-0.2, 0) is 9.53 Å². The van der Waals surface area contributed by atoms with Gasteiger partial charge in [0, 0.05) is 0 Å². The molecule has 0 radical (unpaired) electrons. The zero-order valence-corrected chi connectivity index (χ0v) is 9.28. The fourth-order valence-electron chi connectivity index (χ4n) is 1.43. The summed E-state index contributed by atoms with van der Waals surface area (Å²) in [6, 6.07) is -0.946. The number of rotatable bonds is 4. The third kappa shape index (κ3) is 3.12. The molecule has 1 aliphatic rings. The third-order valence-electron chi connectivity index (χ3n) is 2.72. The average molecular weight is 251 g/mol. The van der Waals surface area contributed by atoms with Crippen LogP contribution < -0.4 is 5.32 Å². The van der Waals surface area contributed by atoms with Gasteiger partial charge in [0.05, 0.1) is 13.2 Å². The molecule has 0 saturated carbocycles. The minimum Gasteiger partial charge on any atom is -0.480 e. The highest BCUT2D eigenvalue weighted by Gasteiger charge is 2.48. The fourth-order valence-corrected chi connectivity index (χ4v) is 1.43. The predicted molar refractivity (Wildman–Crippen MR) is 54.0 cm³/mol. The molecule has 0 amide bonds. The van der Waals surface area contributed by atoms with Gasteiger partial charge >= 0.3 is 5.97 Å². The van der Waals surface area contributed by atoms with Crippen molar-refractivity contribution in [1.29, 1.82) is 0 Å². The highest BCUT2D eigenvalue weighted by Crippen LogP contribution is 2.23. The van der Waals surface area contributed by atoms with Gasteiger partial charge in [-0.25, -0.2) is 0 Å². The van der Waals surface area contributed by atoms with E-state index in [0.29, 0.717) is 0 Å². The standard InChI is InChI=1S/C9H17NO7/c1-4(8(14)15)10-3-9(16)7(13)6(12)5(11)2-17-9/h4-7,10-13,16H,2-3H2,1H3,(H,14,15)/t4-,5-,6-,7+,9?/m1/s1. The zero-order chi connectivity index (χ0) is 13.2. The van der Waals surface area contributed by atoms with E-state index in [1.807, 2.05) is 0 Å². The van der Waals surface area contributed by atoms with Gasteiger partial charge in [-0.15, -0.1) is 0 Å². The monoisotopic (exact) mass is 251 g/mol. The molecule has 6 N–H and O–H groups in total. The van der Waals surface area contributed by atoms with E-state index in [4.69, 9.17) is 9.84 Å². The van der Waals surface area contributed by atoms with Gasteiger partial charge in [0.25, 0.3) is 0 Å². The van der Waals surface area contributed by atoms with E-state index in [2.05, 4.69) is 5.32 Å². The van der Waals surface area contributed by atoms with E-state index in [1.165, 1.54) is 6.92 Å². The minimum absolute atomic E-state index is 0.349. The summed E-state index contributed by atoms with van der Waals surface area (Å²) in [6.07, 6.45) is -4.56. The Kier molecular flexibility index (Phi) is 4.42. The number of nitrogens with one attached hydrogen (secondary N) is 1. The van der Waals surface area contributed by atoms with Crippen molar-refractivity contribution in [2.75, 3.05) is 13.2 Å². The molecule has 5 atom stereocenters. The summed E-state index contributed by atoms with van der Waals surface area (Å²) in [7, 11) is 0. The van der Waals surface area contributed by atoms with Crippen molar-refractivity contribution >= 4 is 5.97 Å². The lowest BCUT2D eigenvalue weighted by Crippen LogP contribution is -2.65. The first kappa shape index (κ1) is 14.3. The van der Waals surface area contributed by atoms with Crippen LogP contribution >= 0.6 is 0 Å². The van der Waals surface area contributed by atoms with E-state index in [9.17, 15) is 25.2 Å². The lowest BCUT2D eigenvalue weighted by atomic mass is 9.96. The minimum atomic E-state index is -2.12. The van der Waals surface area contributed by atoms with E-state index in [-0.39, 0.29) is 13.2 Å². The van der Waals surface area contributed by atoms with Crippen molar-refractivity contribution in [3.8, 4) is 0 Å². The summed E-state index contributed by atoms with van der Waals surface area (Å²) < 4.78 is 4.83. The summed E-state index contributed by atoms with van der Waals surface area (Å²) >= 11 is 0. The second-order valence-corrected chi connectivity index (χ2v) is 4.10. The number of aliphatic hydroxyl groups excluding tert-OH is 3. The quantitative estimate of drug-likeness (QED) is 0.308. The topological polar surface area (TPSA) is 139 Å². The Morgan fingerprint density at radius 3 is 2.65 bits per heavy atom. The van der Waals surface area contributed by atoms with Crippen molar-refractivity contribution in [3.63, 3.8) is 0 Å². The first-order valence-corrected chi connectivity index (χ1v) is 5.14. The molecule has 0 aliphatic carbocycles. The lowest BCUT2D eigenvalue weighted by Gasteiger charge is -2.41. The van der Waals surface area contributed by atoms with Crippen LogP contribution in [0, 0.1) is 0 Å². The molecular weight excluding hydrogens is 234 g/mol. The maximum Gasteiger partial charge on any atom is 0.320 e. The Bertz CT molecular complexity index is 287. The van der Waals surface area contributed by atoms with E-state index >= 15 is 0 Å². The number of aliphatic hydroxyl groups is 4. The molecule has 8 heteroatoms. The van der Waals surface area contributed by atoms with Crippen molar-refractivity contribution in [1.82, 2.24) is 5.32 Å². The molecule has 0 aromatic carbocycles. The van der Waals surface area contributed by atoms with Crippen LogP contribution in [0.15, 0.2) is 0 Å². The van der Waals surface area contributed by atoms with Gasteiger partial charge in [0.15, 0.2) is 0 Å². The van der Waals surface area contributed by atoms with Gasteiger partial charge in [-0.2, -0.15) is 0 Å². The lowest BCUT2D eigenvalue weighted by molar-refractivity contribution is -0.318. The van der Waals surface area contributed by atoms with Crippen LogP contribution in [0.5, 0.6) is 0 Å². The predicted octanol–water partition coefficient (Wildman–Crippen LogP) is -3.15. The van der Waals surface area contributed by atoms with Crippen LogP contribution in [0.25, 0.3) is 0 Å². The Labute approximate surface area is 97.4 Å². The molecule has 0 spiro atoms. The molecule has 1 saturated heterocycles. The smallest absolute Gasteiger partial charge is 0.320 e. The highest BCUT2D eigenvalue weighted by atomic mass is 16.6. The molecule has 0 aromatic heterocycles. The summed E-state index contributed by atoms with van der Waals surface area (Å²) in [4.78, 5) is 10.5. The van der Waals surface area contributed by atoms with E-state index in [0.717, 1.165) is 0 Å². The summed E-state index contributed by atoms with van der Waals surface area (Å²) in [5, 5.41) is 49.0. The van der Waals surface area contributed by atoms with Crippen LogP contribution in [0.1, 0.15) is 6.92 Å². The Morgan fingerprint density at radius 1 is 1.53 bits per heavy atom. The molecule has 1 unspecified atom stereocenters. The molecule has 17 heavy (non-hydrogen) atoms. The zero-order valence-electron chi connectivity index (χ0n) is 9.28. The molecule has 100 valence electrons. The van der Waals surface area contributed by atoms with Crippen LogP contribution in [0.2, 0.25) is 0 Å². The largest absolute Gasteiger partial charge is 0.480 e. The molecular formula is C9H17NO7. The van der Waals surface area contributed by atoms with Crippen molar-refractivity contribution in [2.45, 2.75) is 37.1 Å². The fraction of sp³-hybridized carbons (Fsp3) is 0.889. The Morgan fingerprint density at radius 2 is 2.12 bits per heavy atom. The maximum atomic E-state index is 10.5. The van der Waals surface area contributed by atoms with Gasteiger partial charge in [0.1, 0.15) is 24.4 Å². The third-order valence-corrected chi connectivity index (χ3v) is 2.72. The number of ether oxygens (including phenoxy) is 1. The number of hydrogen-bond acceptors (Lipinski definition) is 7. The summed E-state index contributed by atoms with van der Waals surface area (Å²) in [5.41, 5.74) is 0. The van der Waals surface area contributed by atoms with Crippen LogP contribution in [0.3, 0.4) is 0 Å². The molecule has 8 nitrogen and oxygen atoms in total. The van der Waals surface area contributed by atoms with Gasteiger partial charge in [-0.05, 0) is 6.92 Å². The summed E-state index contributed by atoms with van der Waals surface area (Å²) in [5.74, 6) is -3.25. The Hall–Kier alpha value is -0.770. The number of carboxylic acids is 1. The molecule has 1 fully saturated rings. The molecule has 1 rings (SSSR count). The number of carboxylic acid groups (broad SMARTS) is 1. The highest BCUT2D eigenvalue weighted by molar-refractivity contribution is 5.72. The second-order valence-electron chi connectivity index (χ2n) is 4.10. The first-order chi connectivity index (χ1) is 7.78. The average Bonchev–Trinajstić information content (AvgIpc) is 2.29. The van der Waals surface area contributed by atoms with Gasteiger partial charge < -0.3 is 30.3 Å². The van der Waals surface area contributed by atoms with Crippen molar-refractivity contribution in [3.05, 3.63) is 0 Å². The van der Waals surface area contributed by atoms with Crippen LogP contribution in [0.4, 0.5) is 0 Å². The first-order valence-electron chi connectivity index (χ1n) is 5.14. The SMILES string of the molecule is C[C@@H](NCC1(O)OC[C@@H](O)[C@@H](O)[C@@H]1O)C(=O)O. The van der Waals surface area contributed by atoms with Crippen LogP contribution in [-0.4, -0.2) is 74.8 Å². The normalized spacial score (nSPS) is 39.9. The molecule has 0 aromatic rings. The van der Waals surface area contributed by atoms with Gasteiger partial charge in [-0.1, -0.05) is 0 Å². The molecule has 0 bridgehead atoms. The van der Waals surface area contributed by atoms with Crippen molar-refractivity contribution in [2.24, 2.45) is 0 Å².